The van der Waals surface area contributed by atoms with Gasteiger partial charge in [0.2, 0.25) is 0 Å². The predicted octanol–water partition coefficient (Wildman–Crippen LogP) is 4.95. The van der Waals surface area contributed by atoms with E-state index in [-0.39, 0.29) is 0 Å². The Morgan fingerprint density at radius 1 is 0.765 bits per heavy atom. The molecular formula is C15H17NS. The van der Waals surface area contributed by atoms with Gasteiger partial charge in [-0.15, -0.1) is 0 Å². The first-order chi connectivity index (χ1) is 8.36. The zero-order valence-corrected chi connectivity index (χ0v) is 11.3. The molecule has 17 heavy (non-hydrogen) atoms. The highest BCUT2D eigenvalue weighted by Crippen LogP contribution is 2.46. The van der Waals surface area contributed by atoms with Crippen molar-refractivity contribution in [2.45, 2.75) is 23.6 Å². The molecule has 1 aliphatic rings. The van der Waals surface area contributed by atoms with Gasteiger partial charge in [0.15, 0.2) is 0 Å². The summed E-state index contributed by atoms with van der Waals surface area (Å²) in [6, 6.07) is 17.0. The van der Waals surface area contributed by atoms with Gasteiger partial charge in [0, 0.05) is 16.8 Å². The van der Waals surface area contributed by atoms with Crippen molar-refractivity contribution in [2.24, 2.45) is 0 Å². The molecule has 1 heterocycles. The summed E-state index contributed by atoms with van der Waals surface area (Å²) < 4.78 is 0. The summed E-state index contributed by atoms with van der Waals surface area (Å²) >= 11 is 1.84. The Morgan fingerprint density at radius 2 is 1.18 bits per heavy atom. The van der Waals surface area contributed by atoms with E-state index in [2.05, 4.69) is 60.5 Å². The second kappa shape index (κ2) is 5.28. The molecule has 2 aromatic carbocycles. The van der Waals surface area contributed by atoms with Gasteiger partial charge in [0.25, 0.3) is 0 Å². The molecular weight excluding hydrogens is 226 g/mol. The summed E-state index contributed by atoms with van der Waals surface area (Å²) in [7, 11) is 2.12. The molecule has 2 aromatic rings. The molecule has 0 spiro atoms. The first kappa shape index (κ1) is 12.1. The molecule has 88 valence electrons. The van der Waals surface area contributed by atoms with Crippen LogP contribution in [0, 0.1) is 0 Å². The standard InChI is InChI=1S/C13H11NS.C2H6/c1-14-10-6-2-4-8-12(10)15-13-9-5-3-7-11(13)14;1-2/h2-9H,1H3;1-2H3. The van der Waals surface area contributed by atoms with Gasteiger partial charge in [-0.25, -0.2) is 0 Å². The fraction of sp³-hybridized carbons (Fsp3) is 0.200. The lowest BCUT2D eigenvalue weighted by Gasteiger charge is -2.29. The number of hydrogen-bond donors (Lipinski definition) is 0. The highest BCUT2D eigenvalue weighted by Gasteiger charge is 2.18. The Bertz CT molecular complexity index is 462. The molecule has 0 N–H and O–H groups in total. The monoisotopic (exact) mass is 243 g/mol. The van der Waals surface area contributed by atoms with Crippen molar-refractivity contribution < 1.29 is 0 Å². The molecule has 0 saturated carbocycles. The molecule has 0 atom stereocenters. The quantitative estimate of drug-likeness (QED) is 0.644. The molecule has 0 unspecified atom stereocenters. The van der Waals surface area contributed by atoms with Gasteiger partial charge in [0.1, 0.15) is 0 Å². The van der Waals surface area contributed by atoms with Crippen molar-refractivity contribution in [1.29, 1.82) is 0 Å². The van der Waals surface area contributed by atoms with Crippen molar-refractivity contribution in [3.05, 3.63) is 48.5 Å². The second-order valence-corrected chi connectivity index (χ2v) is 4.68. The largest absolute Gasteiger partial charge is 0.343 e. The van der Waals surface area contributed by atoms with Crippen molar-refractivity contribution in [3.63, 3.8) is 0 Å². The van der Waals surface area contributed by atoms with Gasteiger partial charge in [-0.1, -0.05) is 49.9 Å². The van der Waals surface area contributed by atoms with Crippen LogP contribution in [0.25, 0.3) is 0 Å². The lowest BCUT2D eigenvalue weighted by Crippen LogP contribution is -2.14. The average Bonchev–Trinajstić information content (AvgIpc) is 2.41. The van der Waals surface area contributed by atoms with Crippen LogP contribution in [0.3, 0.4) is 0 Å². The van der Waals surface area contributed by atoms with Crippen LogP contribution in [0.5, 0.6) is 0 Å². The predicted molar refractivity (Wildman–Crippen MR) is 76.4 cm³/mol. The molecule has 0 radical (unpaired) electrons. The lowest BCUT2D eigenvalue weighted by atomic mass is 10.2. The highest BCUT2D eigenvalue weighted by molar-refractivity contribution is 7.99. The van der Waals surface area contributed by atoms with Gasteiger partial charge in [-0.2, -0.15) is 0 Å². The molecule has 0 saturated heterocycles. The number of hydrogen-bond acceptors (Lipinski definition) is 2. The molecule has 2 heteroatoms. The first-order valence-electron chi connectivity index (χ1n) is 5.96. The van der Waals surface area contributed by atoms with Crippen LogP contribution in [-0.4, -0.2) is 7.05 Å². The van der Waals surface area contributed by atoms with Gasteiger partial charge < -0.3 is 4.90 Å². The minimum absolute atomic E-state index is 1.29. The van der Waals surface area contributed by atoms with E-state index in [0.717, 1.165) is 0 Å². The van der Waals surface area contributed by atoms with E-state index in [1.807, 2.05) is 25.6 Å². The molecule has 3 rings (SSSR count). The fourth-order valence-electron chi connectivity index (χ4n) is 1.89. The zero-order valence-electron chi connectivity index (χ0n) is 10.5. The zero-order chi connectivity index (χ0) is 12.3. The Kier molecular flexibility index (Phi) is 3.75. The summed E-state index contributed by atoms with van der Waals surface area (Å²) in [5.74, 6) is 0. The van der Waals surface area contributed by atoms with E-state index in [0.29, 0.717) is 0 Å². The molecule has 0 amide bonds. The third kappa shape index (κ3) is 2.18. The molecule has 0 fully saturated rings. The molecule has 0 bridgehead atoms. The van der Waals surface area contributed by atoms with E-state index in [9.17, 15) is 0 Å². The molecule has 1 nitrogen and oxygen atoms in total. The van der Waals surface area contributed by atoms with Crippen LogP contribution in [0.1, 0.15) is 13.8 Å². The van der Waals surface area contributed by atoms with Crippen LogP contribution in [0.2, 0.25) is 0 Å². The van der Waals surface area contributed by atoms with Gasteiger partial charge >= 0.3 is 0 Å². The van der Waals surface area contributed by atoms with Crippen molar-refractivity contribution in [3.8, 4) is 0 Å². The number of fused-ring (bicyclic) bond motifs is 2. The van der Waals surface area contributed by atoms with Crippen LogP contribution >= 0.6 is 11.8 Å². The Hall–Kier alpha value is -1.41. The Labute approximate surface area is 107 Å². The van der Waals surface area contributed by atoms with E-state index >= 15 is 0 Å². The van der Waals surface area contributed by atoms with Crippen molar-refractivity contribution in [1.82, 2.24) is 0 Å². The smallest absolute Gasteiger partial charge is 0.0550 e. The number of rotatable bonds is 0. The summed E-state index contributed by atoms with van der Waals surface area (Å²) in [5, 5.41) is 0. The van der Waals surface area contributed by atoms with Crippen LogP contribution < -0.4 is 4.90 Å². The minimum Gasteiger partial charge on any atom is -0.343 e. The molecule has 0 aliphatic carbocycles. The minimum atomic E-state index is 1.29. The Balaban J connectivity index is 0.000000514. The third-order valence-corrected chi connectivity index (χ3v) is 3.80. The topological polar surface area (TPSA) is 3.24 Å². The van der Waals surface area contributed by atoms with Crippen molar-refractivity contribution >= 4 is 23.1 Å². The number of anilines is 2. The van der Waals surface area contributed by atoms with Crippen LogP contribution in [-0.2, 0) is 0 Å². The average molecular weight is 243 g/mol. The summed E-state index contributed by atoms with van der Waals surface area (Å²) in [5.41, 5.74) is 2.59. The maximum absolute atomic E-state index is 2.25. The number of para-hydroxylation sites is 2. The maximum atomic E-state index is 2.25. The third-order valence-electron chi connectivity index (χ3n) is 2.67. The van der Waals surface area contributed by atoms with E-state index in [1.165, 1.54) is 21.2 Å². The summed E-state index contributed by atoms with van der Waals surface area (Å²) in [6.45, 7) is 4.00. The highest BCUT2D eigenvalue weighted by atomic mass is 32.2. The van der Waals surface area contributed by atoms with E-state index in [4.69, 9.17) is 0 Å². The van der Waals surface area contributed by atoms with E-state index < -0.39 is 0 Å². The van der Waals surface area contributed by atoms with Gasteiger partial charge in [-0.3, -0.25) is 0 Å². The van der Waals surface area contributed by atoms with Crippen molar-refractivity contribution in [2.75, 3.05) is 11.9 Å². The van der Waals surface area contributed by atoms with E-state index in [1.54, 1.807) is 0 Å². The fourth-order valence-corrected chi connectivity index (χ4v) is 3.04. The number of benzene rings is 2. The van der Waals surface area contributed by atoms with Crippen LogP contribution in [0.4, 0.5) is 11.4 Å². The number of nitrogens with zero attached hydrogens (tertiary/aromatic N) is 1. The molecule has 1 aliphatic heterocycles. The summed E-state index contributed by atoms with van der Waals surface area (Å²) in [4.78, 5) is 4.92. The normalized spacial score (nSPS) is 12.1. The summed E-state index contributed by atoms with van der Waals surface area (Å²) in [6.07, 6.45) is 0. The first-order valence-corrected chi connectivity index (χ1v) is 6.77. The second-order valence-electron chi connectivity index (χ2n) is 3.60. The maximum Gasteiger partial charge on any atom is 0.0550 e. The van der Waals surface area contributed by atoms with Crippen LogP contribution in [0.15, 0.2) is 58.3 Å². The Morgan fingerprint density at radius 3 is 1.65 bits per heavy atom. The van der Waals surface area contributed by atoms with Gasteiger partial charge in [-0.05, 0) is 24.3 Å². The molecule has 0 aromatic heterocycles. The SMILES string of the molecule is CC.CN1c2ccccc2Sc2ccccc21. The lowest BCUT2D eigenvalue weighted by molar-refractivity contribution is 1.11. The van der Waals surface area contributed by atoms with Gasteiger partial charge in [0.05, 0.1) is 11.4 Å².